The maximum Gasteiger partial charge on any atom is 0.407 e. The van der Waals surface area contributed by atoms with Gasteiger partial charge >= 0.3 is 6.18 Å². The minimum atomic E-state index is -4.58. The van der Waals surface area contributed by atoms with Crippen molar-refractivity contribution in [3.63, 3.8) is 0 Å². The summed E-state index contributed by atoms with van der Waals surface area (Å²) in [7, 11) is 0. The first kappa shape index (κ1) is 14.6. The second kappa shape index (κ2) is 5.04. The Labute approximate surface area is 108 Å². The van der Waals surface area contributed by atoms with Gasteiger partial charge in [0, 0.05) is 5.56 Å². The van der Waals surface area contributed by atoms with Gasteiger partial charge in [0.15, 0.2) is 0 Å². The molecule has 98 valence electrons. The van der Waals surface area contributed by atoms with Crippen molar-refractivity contribution in [3.05, 3.63) is 42.0 Å². The van der Waals surface area contributed by atoms with Crippen LogP contribution in [0.2, 0.25) is 0 Å². The lowest BCUT2D eigenvalue weighted by Gasteiger charge is -2.19. The van der Waals surface area contributed by atoms with Crippen molar-refractivity contribution in [2.24, 2.45) is 5.73 Å². The summed E-state index contributed by atoms with van der Waals surface area (Å²) in [6, 6.07) is 7.09. The van der Waals surface area contributed by atoms with Gasteiger partial charge in [0.25, 0.3) is 0 Å². The molecule has 1 atom stereocenters. The van der Waals surface area contributed by atoms with Gasteiger partial charge in [0.1, 0.15) is 11.8 Å². The summed E-state index contributed by atoms with van der Waals surface area (Å²) in [5.41, 5.74) is 4.87. The van der Waals surface area contributed by atoms with Gasteiger partial charge in [0.05, 0.1) is 0 Å². The molecule has 0 heterocycles. The summed E-state index contributed by atoms with van der Waals surface area (Å²) >= 11 is 0. The van der Waals surface area contributed by atoms with Gasteiger partial charge < -0.3 is 10.8 Å². The van der Waals surface area contributed by atoms with Gasteiger partial charge in [-0.05, 0) is 16.8 Å². The zero-order valence-electron chi connectivity index (χ0n) is 9.11. The van der Waals surface area contributed by atoms with Gasteiger partial charge in [0.2, 0.25) is 0 Å². The van der Waals surface area contributed by atoms with E-state index in [1.807, 2.05) is 0 Å². The van der Waals surface area contributed by atoms with Crippen molar-refractivity contribution in [3.8, 4) is 5.75 Å². The number of hydrogen-bond donors (Lipinski definition) is 2. The van der Waals surface area contributed by atoms with E-state index in [-0.39, 0.29) is 18.0 Å². The molecule has 0 amide bonds. The first-order chi connectivity index (χ1) is 7.91. The van der Waals surface area contributed by atoms with Crippen molar-refractivity contribution in [2.75, 3.05) is 0 Å². The van der Waals surface area contributed by atoms with Crippen molar-refractivity contribution in [1.29, 1.82) is 0 Å². The molecule has 0 fully saturated rings. The molecule has 0 radical (unpaired) electrons. The van der Waals surface area contributed by atoms with Crippen molar-refractivity contribution >= 4 is 23.2 Å². The van der Waals surface area contributed by atoms with Crippen LogP contribution in [0, 0.1) is 0 Å². The van der Waals surface area contributed by atoms with Gasteiger partial charge in [-0.2, -0.15) is 13.2 Å². The largest absolute Gasteiger partial charge is 0.508 e. The highest BCUT2D eigenvalue weighted by molar-refractivity contribution is 5.88. The molecule has 0 spiro atoms. The van der Waals surface area contributed by atoms with Gasteiger partial charge in [-0.15, -0.1) is 12.4 Å². The number of fused-ring (bicyclic) bond motifs is 1. The number of alkyl halides is 3. The molecule has 0 aliphatic carbocycles. The monoisotopic (exact) mass is 277 g/mol. The molecule has 0 saturated heterocycles. The molecule has 0 aliphatic rings. The van der Waals surface area contributed by atoms with E-state index in [0.29, 0.717) is 10.8 Å². The lowest BCUT2D eigenvalue weighted by atomic mass is 9.98. The maximum atomic E-state index is 12.6. The average Bonchev–Trinajstić information content (AvgIpc) is 2.27. The van der Waals surface area contributed by atoms with Crippen LogP contribution in [0.25, 0.3) is 10.8 Å². The van der Waals surface area contributed by atoms with Crippen LogP contribution < -0.4 is 5.73 Å². The van der Waals surface area contributed by atoms with E-state index in [1.165, 1.54) is 12.1 Å². The summed E-state index contributed by atoms with van der Waals surface area (Å²) < 4.78 is 37.8. The summed E-state index contributed by atoms with van der Waals surface area (Å²) in [6.45, 7) is 0. The molecule has 0 aromatic heterocycles. The molecular formula is C12H11ClF3NO. The Bertz CT molecular complexity index is 557. The van der Waals surface area contributed by atoms with E-state index < -0.39 is 18.0 Å². The van der Waals surface area contributed by atoms with Crippen molar-refractivity contribution in [1.82, 2.24) is 0 Å². The van der Waals surface area contributed by atoms with Crippen LogP contribution in [-0.2, 0) is 0 Å². The van der Waals surface area contributed by atoms with Crippen LogP contribution in [0.5, 0.6) is 5.75 Å². The third kappa shape index (κ3) is 2.52. The molecule has 0 bridgehead atoms. The average molecular weight is 278 g/mol. The number of rotatable bonds is 1. The van der Waals surface area contributed by atoms with Gasteiger partial charge in [-0.25, -0.2) is 0 Å². The Hall–Kier alpha value is -1.46. The van der Waals surface area contributed by atoms with Crippen LogP contribution in [0.1, 0.15) is 11.6 Å². The first-order valence-electron chi connectivity index (χ1n) is 4.94. The zero-order chi connectivity index (χ0) is 12.6. The van der Waals surface area contributed by atoms with E-state index in [9.17, 15) is 18.3 Å². The molecule has 0 aliphatic heterocycles. The normalized spacial score (nSPS) is 13.1. The minimum absolute atomic E-state index is 0. The lowest BCUT2D eigenvalue weighted by molar-refractivity contribution is -0.149. The standard InChI is InChI=1S/C12H10F3NO.ClH/c13-12(14,15)11(16)10-8-4-2-1-3-7(8)5-6-9(10)17;/h1-6,11,17H,16H2;1H/t11-;/m0./s1. The fourth-order valence-corrected chi connectivity index (χ4v) is 1.77. The molecule has 3 N–H and O–H groups in total. The molecule has 2 nitrogen and oxygen atoms in total. The molecule has 2 rings (SSSR count). The highest BCUT2D eigenvalue weighted by Gasteiger charge is 2.40. The van der Waals surface area contributed by atoms with E-state index in [1.54, 1.807) is 24.3 Å². The molecule has 0 unspecified atom stereocenters. The Kier molecular flexibility index (Phi) is 4.09. The maximum absolute atomic E-state index is 12.6. The number of aromatic hydroxyl groups is 1. The molecule has 0 saturated carbocycles. The summed E-state index contributed by atoms with van der Waals surface area (Å²) in [5, 5.41) is 10.5. The lowest BCUT2D eigenvalue weighted by Crippen LogP contribution is -2.28. The number of phenolic OH excluding ortho intramolecular Hbond substituents is 1. The predicted molar refractivity (Wildman–Crippen MR) is 65.8 cm³/mol. The van der Waals surface area contributed by atoms with E-state index in [0.717, 1.165) is 0 Å². The first-order valence-corrected chi connectivity index (χ1v) is 4.94. The Morgan fingerprint density at radius 2 is 1.67 bits per heavy atom. The Morgan fingerprint density at radius 1 is 1.06 bits per heavy atom. The van der Waals surface area contributed by atoms with Crippen molar-refractivity contribution < 1.29 is 18.3 Å². The van der Waals surface area contributed by atoms with E-state index >= 15 is 0 Å². The third-order valence-corrected chi connectivity index (χ3v) is 2.61. The van der Waals surface area contributed by atoms with Crippen LogP contribution in [0.15, 0.2) is 36.4 Å². The Balaban J connectivity index is 0.00000162. The summed E-state index contributed by atoms with van der Waals surface area (Å²) in [5.74, 6) is -0.437. The summed E-state index contributed by atoms with van der Waals surface area (Å²) in [6.07, 6.45) is -4.58. The SMILES string of the molecule is Cl.N[C@@H](c1c(O)ccc2ccccc12)C(F)(F)F. The van der Waals surface area contributed by atoms with Crippen LogP contribution in [0.3, 0.4) is 0 Å². The van der Waals surface area contributed by atoms with Crippen molar-refractivity contribution in [2.45, 2.75) is 12.2 Å². The number of benzene rings is 2. The molecular weight excluding hydrogens is 267 g/mol. The van der Waals surface area contributed by atoms with Crippen LogP contribution >= 0.6 is 12.4 Å². The number of halogens is 4. The Morgan fingerprint density at radius 3 is 2.28 bits per heavy atom. The topological polar surface area (TPSA) is 46.2 Å². The van der Waals surface area contributed by atoms with E-state index in [4.69, 9.17) is 5.73 Å². The third-order valence-electron chi connectivity index (χ3n) is 2.61. The highest BCUT2D eigenvalue weighted by atomic mass is 35.5. The fourth-order valence-electron chi connectivity index (χ4n) is 1.77. The quantitative estimate of drug-likeness (QED) is 0.838. The van der Waals surface area contributed by atoms with Crippen LogP contribution in [0.4, 0.5) is 13.2 Å². The predicted octanol–water partition coefficient (Wildman–Crippen LogP) is 3.53. The van der Waals surface area contributed by atoms with E-state index in [2.05, 4.69) is 0 Å². The molecule has 18 heavy (non-hydrogen) atoms. The second-order valence-corrected chi connectivity index (χ2v) is 3.74. The minimum Gasteiger partial charge on any atom is -0.508 e. The highest BCUT2D eigenvalue weighted by Crippen LogP contribution is 2.39. The summed E-state index contributed by atoms with van der Waals surface area (Å²) in [4.78, 5) is 0. The van der Waals surface area contributed by atoms with Crippen LogP contribution in [-0.4, -0.2) is 11.3 Å². The number of phenols is 1. The molecule has 2 aromatic carbocycles. The molecule has 2 aromatic rings. The smallest absolute Gasteiger partial charge is 0.407 e. The zero-order valence-corrected chi connectivity index (χ0v) is 9.92. The molecule has 6 heteroatoms. The van der Waals surface area contributed by atoms with Gasteiger partial charge in [-0.3, -0.25) is 0 Å². The van der Waals surface area contributed by atoms with Gasteiger partial charge in [-0.1, -0.05) is 30.3 Å². The second-order valence-electron chi connectivity index (χ2n) is 3.74. The number of nitrogens with two attached hydrogens (primary N) is 1. The fraction of sp³-hybridized carbons (Fsp3) is 0.167. The number of hydrogen-bond acceptors (Lipinski definition) is 2.